The molecule has 1 aromatic rings. The van der Waals surface area contributed by atoms with Gasteiger partial charge in [0.1, 0.15) is 6.10 Å². The second-order valence-corrected chi connectivity index (χ2v) is 4.25. The molecule has 0 saturated carbocycles. The predicted octanol–water partition coefficient (Wildman–Crippen LogP) is 2.45. The van der Waals surface area contributed by atoms with E-state index in [9.17, 15) is 0 Å². The number of nitrogens with zero attached hydrogens (tertiary/aromatic N) is 2. The van der Waals surface area contributed by atoms with Gasteiger partial charge in [0.2, 0.25) is 11.7 Å². The average Bonchev–Trinajstić information content (AvgIpc) is 2.81. The normalized spacial score (nSPS) is 14.8. The van der Waals surface area contributed by atoms with Crippen molar-refractivity contribution in [1.82, 2.24) is 15.5 Å². The van der Waals surface area contributed by atoms with Gasteiger partial charge in [0.25, 0.3) is 0 Å². The molecule has 0 aliphatic carbocycles. The molecule has 0 fully saturated rings. The third-order valence-corrected chi connectivity index (χ3v) is 2.82. The molecule has 0 aliphatic heterocycles. The third-order valence-electron chi connectivity index (χ3n) is 2.82. The number of aromatic nitrogens is 2. The molecule has 0 aromatic carbocycles. The highest BCUT2D eigenvalue weighted by Gasteiger charge is 2.16. The van der Waals surface area contributed by atoms with Gasteiger partial charge in [-0.1, -0.05) is 25.4 Å². The summed E-state index contributed by atoms with van der Waals surface area (Å²) in [5, 5.41) is 7.27. The Morgan fingerprint density at radius 3 is 2.76 bits per heavy atom. The van der Waals surface area contributed by atoms with E-state index >= 15 is 0 Å². The minimum absolute atomic E-state index is 0.0545. The van der Waals surface area contributed by atoms with Gasteiger partial charge >= 0.3 is 0 Å². The van der Waals surface area contributed by atoms with Crippen molar-refractivity contribution in [2.75, 3.05) is 7.11 Å². The van der Waals surface area contributed by atoms with Gasteiger partial charge in [0, 0.05) is 13.2 Å². The first kappa shape index (κ1) is 14.1. The molecule has 0 bridgehead atoms. The molecule has 0 amide bonds. The Hall–Kier alpha value is -0.940. The van der Waals surface area contributed by atoms with Crippen LogP contribution in [0.1, 0.15) is 57.9 Å². The molecular formula is C12H23N3O2. The van der Waals surface area contributed by atoms with E-state index in [1.54, 1.807) is 7.11 Å². The second-order valence-electron chi connectivity index (χ2n) is 4.25. The summed E-state index contributed by atoms with van der Waals surface area (Å²) in [5.41, 5.74) is 0. The summed E-state index contributed by atoms with van der Waals surface area (Å²) in [6.45, 7) is 6.99. The molecule has 5 heteroatoms. The molecule has 5 nitrogen and oxygen atoms in total. The molecule has 98 valence electrons. The Morgan fingerprint density at radius 2 is 2.18 bits per heavy atom. The summed E-state index contributed by atoms with van der Waals surface area (Å²) in [6, 6.07) is 0.458. The van der Waals surface area contributed by atoms with Gasteiger partial charge in [-0.15, -0.1) is 0 Å². The monoisotopic (exact) mass is 241 g/mol. The highest BCUT2D eigenvalue weighted by Crippen LogP contribution is 2.18. The van der Waals surface area contributed by atoms with E-state index in [1.165, 1.54) is 0 Å². The maximum absolute atomic E-state index is 5.33. The van der Waals surface area contributed by atoms with Crippen molar-refractivity contribution in [2.24, 2.45) is 0 Å². The second kappa shape index (κ2) is 7.40. The van der Waals surface area contributed by atoms with E-state index < -0.39 is 0 Å². The summed E-state index contributed by atoms with van der Waals surface area (Å²) in [7, 11) is 1.67. The van der Waals surface area contributed by atoms with Crippen molar-refractivity contribution < 1.29 is 9.26 Å². The van der Waals surface area contributed by atoms with Crippen molar-refractivity contribution in [3.63, 3.8) is 0 Å². The van der Waals surface area contributed by atoms with Crippen LogP contribution in [0.3, 0.4) is 0 Å². The van der Waals surface area contributed by atoms with Crippen molar-refractivity contribution in [1.29, 1.82) is 0 Å². The summed E-state index contributed by atoms with van der Waals surface area (Å²) < 4.78 is 10.5. The topological polar surface area (TPSA) is 60.2 Å². The fourth-order valence-corrected chi connectivity index (χ4v) is 1.49. The molecule has 2 unspecified atom stereocenters. The number of nitrogens with one attached hydrogen (secondary N) is 1. The molecule has 1 N–H and O–H groups in total. The quantitative estimate of drug-likeness (QED) is 0.757. The molecule has 17 heavy (non-hydrogen) atoms. The largest absolute Gasteiger partial charge is 0.373 e. The van der Waals surface area contributed by atoms with E-state index in [0.717, 1.165) is 19.3 Å². The molecule has 1 rings (SSSR count). The number of hydrogen-bond acceptors (Lipinski definition) is 5. The Balaban J connectivity index is 2.51. The highest BCUT2D eigenvalue weighted by molar-refractivity contribution is 4.91. The third kappa shape index (κ3) is 4.44. The lowest BCUT2D eigenvalue weighted by Crippen LogP contribution is -2.24. The number of methoxy groups -OCH3 is 1. The zero-order chi connectivity index (χ0) is 12.7. The Kier molecular flexibility index (Phi) is 6.15. The summed E-state index contributed by atoms with van der Waals surface area (Å²) in [5.74, 6) is 1.27. The van der Waals surface area contributed by atoms with Crippen LogP contribution in [0.4, 0.5) is 0 Å². The lowest BCUT2D eigenvalue weighted by Gasteiger charge is -2.09. The Labute approximate surface area is 103 Å². The SMILES string of the molecule is CCCC(OC)c1noc(CNC(C)CC)n1. The van der Waals surface area contributed by atoms with Crippen molar-refractivity contribution in [3.05, 3.63) is 11.7 Å². The molecule has 1 heterocycles. The summed E-state index contributed by atoms with van der Waals surface area (Å²) in [4.78, 5) is 4.34. The smallest absolute Gasteiger partial charge is 0.240 e. The minimum Gasteiger partial charge on any atom is -0.373 e. The fourth-order valence-electron chi connectivity index (χ4n) is 1.49. The van der Waals surface area contributed by atoms with Crippen LogP contribution in [-0.4, -0.2) is 23.3 Å². The number of hydrogen-bond donors (Lipinski definition) is 1. The van der Waals surface area contributed by atoms with Crippen molar-refractivity contribution in [2.45, 2.75) is 58.7 Å². The van der Waals surface area contributed by atoms with Crippen LogP contribution in [0.25, 0.3) is 0 Å². The standard InChI is InChI=1S/C12H23N3O2/c1-5-7-10(16-4)12-14-11(17-15-12)8-13-9(3)6-2/h9-10,13H,5-8H2,1-4H3. The van der Waals surface area contributed by atoms with Gasteiger partial charge in [0.05, 0.1) is 6.54 Å². The zero-order valence-electron chi connectivity index (χ0n) is 11.2. The summed E-state index contributed by atoms with van der Waals surface area (Å²) >= 11 is 0. The van der Waals surface area contributed by atoms with Gasteiger partial charge < -0.3 is 14.6 Å². The molecule has 0 saturated heterocycles. The van der Waals surface area contributed by atoms with E-state index in [-0.39, 0.29) is 6.10 Å². The molecule has 2 atom stereocenters. The van der Waals surface area contributed by atoms with Crippen LogP contribution in [0.2, 0.25) is 0 Å². The number of rotatable bonds is 8. The average molecular weight is 241 g/mol. The van der Waals surface area contributed by atoms with Gasteiger partial charge in [-0.2, -0.15) is 4.98 Å². The first-order valence-electron chi connectivity index (χ1n) is 6.29. The Bertz CT molecular complexity index is 314. The maximum Gasteiger partial charge on any atom is 0.240 e. The zero-order valence-corrected chi connectivity index (χ0v) is 11.2. The summed E-state index contributed by atoms with van der Waals surface area (Å²) in [6.07, 6.45) is 2.97. The maximum atomic E-state index is 5.33. The van der Waals surface area contributed by atoms with E-state index in [1.807, 2.05) is 0 Å². The molecule has 0 spiro atoms. The lowest BCUT2D eigenvalue weighted by molar-refractivity contribution is 0.0854. The number of ether oxygens (including phenoxy) is 1. The van der Waals surface area contributed by atoms with Crippen LogP contribution in [0.15, 0.2) is 4.52 Å². The molecule has 0 radical (unpaired) electrons. The molecular weight excluding hydrogens is 218 g/mol. The van der Waals surface area contributed by atoms with Gasteiger partial charge in [-0.05, 0) is 19.8 Å². The van der Waals surface area contributed by atoms with Crippen LogP contribution >= 0.6 is 0 Å². The van der Waals surface area contributed by atoms with Crippen LogP contribution < -0.4 is 5.32 Å². The van der Waals surface area contributed by atoms with E-state index in [0.29, 0.717) is 24.3 Å². The Morgan fingerprint density at radius 1 is 1.41 bits per heavy atom. The van der Waals surface area contributed by atoms with E-state index in [4.69, 9.17) is 9.26 Å². The molecule has 0 aliphatic rings. The minimum atomic E-state index is -0.0545. The lowest BCUT2D eigenvalue weighted by atomic mass is 10.2. The highest BCUT2D eigenvalue weighted by atomic mass is 16.5. The fraction of sp³-hybridized carbons (Fsp3) is 0.833. The van der Waals surface area contributed by atoms with Crippen molar-refractivity contribution in [3.8, 4) is 0 Å². The van der Waals surface area contributed by atoms with Gasteiger partial charge in [-0.25, -0.2) is 0 Å². The first-order chi connectivity index (χ1) is 8.21. The van der Waals surface area contributed by atoms with Crippen LogP contribution in [-0.2, 0) is 11.3 Å². The predicted molar refractivity (Wildman–Crippen MR) is 65.5 cm³/mol. The van der Waals surface area contributed by atoms with Crippen LogP contribution in [0.5, 0.6) is 0 Å². The van der Waals surface area contributed by atoms with Crippen molar-refractivity contribution >= 4 is 0 Å². The molecule has 1 aromatic heterocycles. The van der Waals surface area contributed by atoms with Crippen LogP contribution in [0, 0.1) is 0 Å². The first-order valence-corrected chi connectivity index (χ1v) is 6.29. The van der Waals surface area contributed by atoms with Gasteiger partial charge in [0.15, 0.2) is 0 Å². The van der Waals surface area contributed by atoms with Gasteiger partial charge in [-0.3, -0.25) is 0 Å². The van der Waals surface area contributed by atoms with E-state index in [2.05, 4.69) is 36.2 Å².